The summed E-state index contributed by atoms with van der Waals surface area (Å²) < 4.78 is 5.15. The summed E-state index contributed by atoms with van der Waals surface area (Å²) >= 11 is 1.81. The first-order valence-corrected chi connectivity index (χ1v) is 5.42. The van der Waals surface area contributed by atoms with Crippen LogP contribution < -0.4 is 0 Å². The van der Waals surface area contributed by atoms with Crippen LogP contribution in [-0.4, -0.2) is 11.2 Å². The summed E-state index contributed by atoms with van der Waals surface area (Å²) in [6, 6.07) is 3.21. The molecule has 0 radical (unpaired) electrons. The zero-order valence-electron chi connectivity index (χ0n) is 7.43. The van der Waals surface area contributed by atoms with Crippen LogP contribution in [0.1, 0.15) is 29.2 Å². The van der Waals surface area contributed by atoms with Crippen LogP contribution >= 0.6 is 11.8 Å². The molecule has 0 bridgehead atoms. The standard InChI is InChI=1S/C9H9NO3S/c11-9(10-12)8-4-1-6(13-8)5-14-7-2-3-7/h1,4,7H,2-3,5H2. The molecule has 0 aromatic carbocycles. The topological polar surface area (TPSA) is 59.6 Å². The zero-order chi connectivity index (χ0) is 9.97. The van der Waals surface area contributed by atoms with Crippen LogP contribution in [0.15, 0.2) is 21.7 Å². The van der Waals surface area contributed by atoms with Gasteiger partial charge in [0.15, 0.2) is 5.76 Å². The summed E-state index contributed by atoms with van der Waals surface area (Å²) in [5.41, 5.74) is 0. The SMILES string of the molecule is O=NC(=O)c1ccc(CSC2CC2)o1. The van der Waals surface area contributed by atoms with Gasteiger partial charge in [-0.3, -0.25) is 4.79 Å². The van der Waals surface area contributed by atoms with Crippen LogP contribution in [0.3, 0.4) is 0 Å². The lowest BCUT2D eigenvalue weighted by Gasteiger charge is -1.93. The predicted octanol–water partition coefficient (Wildman–Crippen LogP) is 2.58. The van der Waals surface area contributed by atoms with E-state index in [-0.39, 0.29) is 5.76 Å². The predicted molar refractivity (Wildman–Crippen MR) is 53.2 cm³/mol. The Balaban J connectivity index is 1.94. The smallest absolute Gasteiger partial charge is 0.351 e. The molecule has 1 aromatic rings. The van der Waals surface area contributed by atoms with Gasteiger partial charge in [0.05, 0.1) is 5.75 Å². The Morgan fingerprint density at radius 2 is 2.36 bits per heavy atom. The number of hydrogen-bond donors (Lipinski definition) is 0. The van der Waals surface area contributed by atoms with Crippen molar-refractivity contribution in [1.29, 1.82) is 0 Å². The van der Waals surface area contributed by atoms with Gasteiger partial charge in [0.1, 0.15) is 5.76 Å². The van der Waals surface area contributed by atoms with Crippen LogP contribution in [0.25, 0.3) is 0 Å². The number of nitroso groups, excluding NO2 is 1. The van der Waals surface area contributed by atoms with E-state index in [1.807, 2.05) is 11.8 Å². The normalized spacial score (nSPS) is 15.4. The van der Waals surface area contributed by atoms with Crippen LogP contribution in [0.5, 0.6) is 0 Å². The van der Waals surface area contributed by atoms with E-state index in [4.69, 9.17) is 4.42 Å². The number of hydrogen-bond acceptors (Lipinski definition) is 4. The summed E-state index contributed by atoms with van der Waals surface area (Å²) in [6.45, 7) is 0. The van der Waals surface area contributed by atoms with Crippen molar-refractivity contribution in [2.45, 2.75) is 23.8 Å². The third kappa shape index (κ3) is 2.23. The van der Waals surface area contributed by atoms with Gasteiger partial charge < -0.3 is 4.42 Å². The van der Waals surface area contributed by atoms with E-state index in [0.29, 0.717) is 0 Å². The maximum atomic E-state index is 10.8. The third-order valence-electron chi connectivity index (χ3n) is 1.94. The Morgan fingerprint density at radius 3 is 3.00 bits per heavy atom. The van der Waals surface area contributed by atoms with E-state index in [1.165, 1.54) is 18.9 Å². The van der Waals surface area contributed by atoms with Gasteiger partial charge >= 0.3 is 5.91 Å². The van der Waals surface area contributed by atoms with Gasteiger partial charge in [0, 0.05) is 10.4 Å². The first kappa shape index (κ1) is 9.45. The second-order valence-electron chi connectivity index (χ2n) is 3.17. The quantitative estimate of drug-likeness (QED) is 0.718. The van der Waals surface area contributed by atoms with E-state index < -0.39 is 5.91 Å². The molecule has 1 heterocycles. The van der Waals surface area contributed by atoms with Crippen LogP contribution in [0, 0.1) is 4.91 Å². The fraction of sp³-hybridized carbons (Fsp3) is 0.444. The minimum absolute atomic E-state index is 0.0337. The summed E-state index contributed by atoms with van der Waals surface area (Å²) in [6.07, 6.45) is 2.54. The first-order chi connectivity index (χ1) is 6.79. The van der Waals surface area contributed by atoms with Crippen LogP contribution in [0.2, 0.25) is 0 Å². The molecule has 74 valence electrons. The summed E-state index contributed by atoms with van der Waals surface area (Å²) in [5.74, 6) is 0.685. The van der Waals surface area contributed by atoms with Crippen molar-refractivity contribution < 1.29 is 9.21 Å². The molecule has 0 unspecified atom stereocenters. The fourth-order valence-corrected chi connectivity index (χ4v) is 2.07. The molecule has 14 heavy (non-hydrogen) atoms. The molecule has 0 saturated heterocycles. The average Bonchev–Trinajstić information content (AvgIpc) is 2.92. The molecule has 2 rings (SSSR count). The molecule has 1 aliphatic carbocycles. The summed E-state index contributed by atoms with van der Waals surface area (Å²) in [5, 5.41) is 3.04. The highest BCUT2D eigenvalue weighted by Gasteiger charge is 2.22. The molecule has 1 amide bonds. The van der Waals surface area contributed by atoms with Crippen LogP contribution in [0.4, 0.5) is 0 Å². The van der Waals surface area contributed by atoms with Gasteiger partial charge in [-0.2, -0.15) is 11.8 Å². The largest absolute Gasteiger partial charge is 0.455 e. The highest BCUT2D eigenvalue weighted by Crippen LogP contribution is 2.36. The summed E-state index contributed by atoms with van der Waals surface area (Å²) in [7, 11) is 0. The number of nitrogens with zero attached hydrogens (tertiary/aromatic N) is 1. The lowest BCUT2D eigenvalue weighted by molar-refractivity contribution is 0.0973. The van der Waals surface area contributed by atoms with Gasteiger partial charge in [0.25, 0.3) is 0 Å². The molecule has 0 aliphatic heterocycles. The Kier molecular flexibility index (Phi) is 2.67. The lowest BCUT2D eigenvalue weighted by atomic mass is 10.4. The van der Waals surface area contributed by atoms with E-state index in [2.05, 4.69) is 5.18 Å². The van der Waals surface area contributed by atoms with Gasteiger partial charge in [0.2, 0.25) is 0 Å². The van der Waals surface area contributed by atoms with Crippen molar-refractivity contribution in [2.24, 2.45) is 5.18 Å². The second kappa shape index (κ2) is 3.96. The number of rotatable bonds is 4. The van der Waals surface area contributed by atoms with Crippen molar-refractivity contribution in [3.05, 3.63) is 28.6 Å². The second-order valence-corrected chi connectivity index (χ2v) is 4.46. The van der Waals surface area contributed by atoms with Gasteiger partial charge in [-0.05, 0) is 25.0 Å². The van der Waals surface area contributed by atoms with E-state index in [1.54, 1.807) is 6.07 Å². The molecule has 1 aliphatic rings. The van der Waals surface area contributed by atoms with Gasteiger partial charge in [-0.25, -0.2) is 0 Å². The molecule has 0 spiro atoms. The third-order valence-corrected chi connectivity index (χ3v) is 3.34. The van der Waals surface area contributed by atoms with Gasteiger partial charge in [-0.1, -0.05) is 0 Å². The van der Waals surface area contributed by atoms with E-state index in [9.17, 15) is 9.70 Å². The Bertz CT molecular complexity index is 357. The minimum atomic E-state index is -0.840. The number of furan rings is 1. The molecule has 1 saturated carbocycles. The Morgan fingerprint density at radius 1 is 1.57 bits per heavy atom. The Labute approximate surface area is 85.0 Å². The summed E-state index contributed by atoms with van der Waals surface area (Å²) in [4.78, 5) is 20.7. The number of thioether (sulfide) groups is 1. The van der Waals surface area contributed by atoms with Crippen molar-refractivity contribution in [3.8, 4) is 0 Å². The maximum absolute atomic E-state index is 10.8. The van der Waals surface area contributed by atoms with Gasteiger partial charge in [-0.15, -0.1) is 4.91 Å². The number of amides is 1. The Hall–Kier alpha value is -1.10. The molecule has 1 fully saturated rings. The molecule has 5 heteroatoms. The average molecular weight is 211 g/mol. The molecule has 0 N–H and O–H groups in total. The van der Waals surface area contributed by atoms with Crippen molar-refractivity contribution in [3.63, 3.8) is 0 Å². The lowest BCUT2D eigenvalue weighted by Crippen LogP contribution is -1.88. The zero-order valence-corrected chi connectivity index (χ0v) is 8.25. The number of carbonyl (C=O) groups excluding carboxylic acids is 1. The molecular weight excluding hydrogens is 202 g/mol. The molecule has 0 atom stereocenters. The highest BCUT2D eigenvalue weighted by molar-refractivity contribution is 7.99. The van der Waals surface area contributed by atoms with Crippen molar-refractivity contribution >= 4 is 17.7 Å². The van der Waals surface area contributed by atoms with E-state index >= 15 is 0 Å². The minimum Gasteiger partial charge on any atom is -0.455 e. The first-order valence-electron chi connectivity index (χ1n) is 4.37. The molecule has 1 aromatic heterocycles. The maximum Gasteiger partial charge on any atom is 0.351 e. The molecule has 4 nitrogen and oxygen atoms in total. The highest BCUT2D eigenvalue weighted by atomic mass is 32.2. The monoisotopic (exact) mass is 211 g/mol. The van der Waals surface area contributed by atoms with Crippen LogP contribution in [-0.2, 0) is 5.75 Å². The fourth-order valence-electron chi connectivity index (χ4n) is 1.05. The van der Waals surface area contributed by atoms with Crippen molar-refractivity contribution in [1.82, 2.24) is 0 Å². The van der Waals surface area contributed by atoms with E-state index in [0.717, 1.165) is 16.8 Å². The number of carbonyl (C=O) groups is 1. The molecular formula is C9H9NO3S. The van der Waals surface area contributed by atoms with Crippen molar-refractivity contribution in [2.75, 3.05) is 0 Å².